The van der Waals surface area contributed by atoms with Crippen LogP contribution in [-0.2, 0) is 4.79 Å². The van der Waals surface area contributed by atoms with Crippen LogP contribution in [0, 0.1) is 5.41 Å². The minimum absolute atomic E-state index is 0.00201. The molecule has 2 saturated carbocycles. The summed E-state index contributed by atoms with van der Waals surface area (Å²) in [7, 11) is 0. The fourth-order valence-corrected chi connectivity index (χ4v) is 3.11. The zero-order valence-electron chi connectivity index (χ0n) is 15.2. The van der Waals surface area contributed by atoms with E-state index in [1.165, 1.54) is 6.42 Å². The number of aromatic nitrogens is 3. The lowest BCUT2D eigenvalue weighted by Crippen LogP contribution is -2.24. The SMILES string of the molecule is CC(C)(C)CC(=O)Nc1nc2ccc(OC3CC3)nc2n1C1CCC1. The molecular weight excluding hydrogens is 316 g/mol. The highest BCUT2D eigenvalue weighted by molar-refractivity contribution is 5.91. The minimum Gasteiger partial charge on any atom is -0.474 e. The summed E-state index contributed by atoms with van der Waals surface area (Å²) in [5, 5.41) is 3.01. The summed E-state index contributed by atoms with van der Waals surface area (Å²) < 4.78 is 7.93. The van der Waals surface area contributed by atoms with Crippen molar-refractivity contribution >= 4 is 23.0 Å². The predicted molar refractivity (Wildman–Crippen MR) is 96.8 cm³/mol. The third-order valence-electron chi connectivity index (χ3n) is 4.71. The molecule has 0 atom stereocenters. The number of fused-ring (bicyclic) bond motifs is 1. The van der Waals surface area contributed by atoms with E-state index in [1.54, 1.807) is 0 Å². The first kappa shape index (κ1) is 16.4. The van der Waals surface area contributed by atoms with Gasteiger partial charge in [0.05, 0.1) is 0 Å². The molecule has 2 heterocycles. The molecule has 0 unspecified atom stereocenters. The fraction of sp³-hybridized carbons (Fsp3) is 0.632. The van der Waals surface area contributed by atoms with Crippen LogP contribution in [0.3, 0.4) is 0 Å². The maximum absolute atomic E-state index is 12.4. The number of carbonyl (C=O) groups is 1. The van der Waals surface area contributed by atoms with Gasteiger partial charge in [0.25, 0.3) is 0 Å². The van der Waals surface area contributed by atoms with E-state index >= 15 is 0 Å². The van der Waals surface area contributed by atoms with E-state index < -0.39 is 0 Å². The monoisotopic (exact) mass is 342 g/mol. The van der Waals surface area contributed by atoms with Crippen LogP contribution in [0.2, 0.25) is 0 Å². The molecular formula is C19H26N4O2. The third-order valence-corrected chi connectivity index (χ3v) is 4.71. The lowest BCUT2D eigenvalue weighted by molar-refractivity contribution is -0.117. The number of amides is 1. The van der Waals surface area contributed by atoms with E-state index in [4.69, 9.17) is 4.74 Å². The molecule has 134 valence electrons. The summed E-state index contributed by atoms with van der Waals surface area (Å²) in [4.78, 5) is 21.7. The summed E-state index contributed by atoms with van der Waals surface area (Å²) in [6.45, 7) is 6.18. The molecule has 4 rings (SSSR count). The number of pyridine rings is 1. The van der Waals surface area contributed by atoms with Crippen molar-refractivity contribution in [3.63, 3.8) is 0 Å². The van der Waals surface area contributed by atoms with Crippen molar-refractivity contribution in [3.05, 3.63) is 12.1 Å². The first-order valence-electron chi connectivity index (χ1n) is 9.24. The summed E-state index contributed by atoms with van der Waals surface area (Å²) in [5.74, 6) is 1.27. The Bertz CT molecular complexity index is 798. The van der Waals surface area contributed by atoms with Gasteiger partial charge in [0.1, 0.15) is 11.6 Å². The second kappa shape index (κ2) is 6.00. The molecule has 2 aliphatic carbocycles. The summed E-state index contributed by atoms with van der Waals surface area (Å²) >= 11 is 0. The topological polar surface area (TPSA) is 69.0 Å². The Hall–Kier alpha value is -2.11. The molecule has 2 fully saturated rings. The van der Waals surface area contributed by atoms with Gasteiger partial charge in [0, 0.05) is 18.5 Å². The number of hydrogen-bond donors (Lipinski definition) is 1. The number of ether oxygens (including phenoxy) is 1. The number of nitrogens with zero attached hydrogens (tertiary/aromatic N) is 3. The summed E-state index contributed by atoms with van der Waals surface area (Å²) in [5.41, 5.74) is 1.57. The van der Waals surface area contributed by atoms with E-state index in [1.807, 2.05) is 12.1 Å². The molecule has 1 N–H and O–H groups in total. The highest BCUT2D eigenvalue weighted by Crippen LogP contribution is 2.37. The van der Waals surface area contributed by atoms with Gasteiger partial charge in [-0.2, -0.15) is 4.98 Å². The highest BCUT2D eigenvalue weighted by atomic mass is 16.5. The van der Waals surface area contributed by atoms with Crippen LogP contribution in [0.5, 0.6) is 5.88 Å². The van der Waals surface area contributed by atoms with Gasteiger partial charge in [-0.05, 0) is 43.6 Å². The van der Waals surface area contributed by atoms with Crippen LogP contribution in [0.4, 0.5) is 5.95 Å². The largest absolute Gasteiger partial charge is 0.474 e. The minimum atomic E-state index is -0.0546. The second-order valence-electron chi connectivity index (χ2n) is 8.49. The average molecular weight is 342 g/mol. The third kappa shape index (κ3) is 3.62. The zero-order valence-corrected chi connectivity index (χ0v) is 15.2. The number of rotatable bonds is 5. The van der Waals surface area contributed by atoms with Crippen LogP contribution in [0.15, 0.2) is 12.1 Å². The second-order valence-corrected chi connectivity index (χ2v) is 8.49. The zero-order chi connectivity index (χ0) is 17.6. The molecule has 0 aliphatic heterocycles. The van der Waals surface area contributed by atoms with Crippen LogP contribution >= 0.6 is 0 Å². The van der Waals surface area contributed by atoms with Gasteiger partial charge < -0.3 is 4.74 Å². The number of hydrogen-bond acceptors (Lipinski definition) is 4. The number of imidazole rings is 1. The highest BCUT2D eigenvalue weighted by Gasteiger charge is 2.28. The lowest BCUT2D eigenvalue weighted by atomic mass is 9.92. The Morgan fingerprint density at radius 1 is 1.24 bits per heavy atom. The van der Waals surface area contributed by atoms with E-state index in [0.717, 1.165) is 36.8 Å². The number of carbonyl (C=O) groups excluding carboxylic acids is 1. The molecule has 25 heavy (non-hydrogen) atoms. The molecule has 2 aliphatic rings. The standard InChI is InChI=1S/C19H26N4O2/c1-19(2,3)11-15(24)21-18-20-14-9-10-16(25-13-7-8-13)22-17(14)23(18)12-5-4-6-12/h9-10,12-13H,4-8,11H2,1-3H3,(H,20,21,24). The summed E-state index contributed by atoms with van der Waals surface area (Å²) in [6.07, 6.45) is 6.40. The van der Waals surface area contributed by atoms with Crippen LogP contribution in [0.1, 0.15) is 65.3 Å². The number of nitrogens with one attached hydrogen (secondary N) is 1. The van der Waals surface area contributed by atoms with E-state index in [0.29, 0.717) is 30.4 Å². The van der Waals surface area contributed by atoms with Crippen molar-refractivity contribution < 1.29 is 9.53 Å². The van der Waals surface area contributed by atoms with Crippen LogP contribution in [-0.4, -0.2) is 26.5 Å². The summed E-state index contributed by atoms with van der Waals surface area (Å²) in [6, 6.07) is 4.17. The Kier molecular flexibility index (Phi) is 3.93. The van der Waals surface area contributed by atoms with E-state index in [2.05, 4.69) is 40.6 Å². The van der Waals surface area contributed by atoms with Gasteiger partial charge in [-0.25, -0.2) is 4.98 Å². The molecule has 0 spiro atoms. The van der Waals surface area contributed by atoms with Gasteiger partial charge in [0.15, 0.2) is 5.65 Å². The van der Waals surface area contributed by atoms with Crippen LogP contribution < -0.4 is 10.1 Å². The molecule has 0 bridgehead atoms. The Labute approximate surface area is 148 Å². The molecule has 6 heteroatoms. The van der Waals surface area contributed by atoms with Crippen molar-refractivity contribution in [1.29, 1.82) is 0 Å². The Morgan fingerprint density at radius 2 is 2.00 bits per heavy atom. The lowest BCUT2D eigenvalue weighted by Gasteiger charge is -2.28. The smallest absolute Gasteiger partial charge is 0.227 e. The van der Waals surface area contributed by atoms with Gasteiger partial charge in [0.2, 0.25) is 17.7 Å². The van der Waals surface area contributed by atoms with Gasteiger partial charge in [-0.15, -0.1) is 0 Å². The maximum atomic E-state index is 12.4. The molecule has 6 nitrogen and oxygen atoms in total. The van der Waals surface area contributed by atoms with Crippen molar-refractivity contribution in [2.75, 3.05) is 5.32 Å². The first-order valence-corrected chi connectivity index (χ1v) is 9.24. The average Bonchev–Trinajstić information content (AvgIpc) is 3.19. The van der Waals surface area contributed by atoms with Crippen LogP contribution in [0.25, 0.3) is 11.2 Å². The molecule has 0 radical (unpaired) electrons. The molecule has 1 amide bonds. The first-order chi connectivity index (χ1) is 11.9. The molecule has 2 aromatic rings. The van der Waals surface area contributed by atoms with Gasteiger partial charge in [-0.1, -0.05) is 20.8 Å². The van der Waals surface area contributed by atoms with Crippen molar-refractivity contribution in [2.24, 2.45) is 5.41 Å². The Balaban J connectivity index is 1.66. The quantitative estimate of drug-likeness (QED) is 0.889. The van der Waals surface area contributed by atoms with Crippen molar-refractivity contribution in [2.45, 2.75) is 71.4 Å². The Morgan fingerprint density at radius 3 is 2.60 bits per heavy atom. The van der Waals surface area contributed by atoms with Crippen molar-refractivity contribution in [3.8, 4) is 5.88 Å². The molecule has 0 aromatic carbocycles. The van der Waals surface area contributed by atoms with E-state index in [9.17, 15) is 4.79 Å². The number of anilines is 1. The molecule has 0 saturated heterocycles. The molecule has 2 aromatic heterocycles. The predicted octanol–water partition coefficient (Wildman–Crippen LogP) is 4.07. The maximum Gasteiger partial charge on any atom is 0.227 e. The normalized spacial score (nSPS) is 18.2. The van der Waals surface area contributed by atoms with E-state index in [-0.39, 0.29) is 11.3 Å². The fourth-order valence-electron chi connectivity index (χ4n) is 3.11. The van der Waals surface area contributed by atoms with Gasteiger partial charge >= 0.3 is 0 Å². The van der Waals surface area contributed by atoms with Crippen molar-refractivity contribution in [1.82, 2.24) is 14.5 Å². The van der Waals surface area contributed by atoms with Gasteiger partial charge in [-0.3, -0.25) is 14.7 Å².